The largest absolute Gasteiger partial charge is 0.490 e. The molecule has 1 aliphatic heterocycles. The highest BCUT2D eigenvalue weighted by molar-refractivity contribution is 5.73. The molecule has 0 atom stereocenters. The van der Waals surface area contributed by atoms with Gasteiger partial charge >= 0.3 is 18.2 Å². The maximum Gasteiger partial charge on any atom is 0.490 e. The Morgan fingerprint density at radius 2 is 1.72 bits per heavy atom. The molecule has 9 heteroatoms. The number of aliphatic carboxylic acids is 1. The topological polar surface area (TPSA) is 92.9 Å². The lowest BCUT2D eigenvalue weighted by Crippen LogP contribution is -2.40. The van der Waals surface area contributed by atoms with Crippen molar-refractivity contribution in [1.29, 1.82) is 0 Å². The van der Waals surface area contributed by atoms with E-state index >= 15 is 0 Å². The van der Waals surface area contributed by atoms with Gasteiger partial charge in [-0.25, -0.2) is 9.59 Å². The van der Waals surface area contributed by atoms with Crippen molar-refractivity contribution < 1.29 is 32.6 Å². The summed E-state index contributed by atoms with van der Waals surface area (Å²) in [6.45, 7) is 2.58. The Hall–Kier alpha value is -2.29. The highest BCUT2D eigenvalue weighted by atomic mass is 19.4. The van der Waals surface area contributed by atoms with E-state index in [0.29, 0.717) is 19.1 Å². The SMILES string of the molecule is NCC1CCN(C(=O)OCc2ccccc2)CC1.O=C(O)C(F)(F)F. The third-order valence-corrected chi connectivity index (χ3v) is 3.65. The maximum absolute atomic E-state index is 11.8. The zero-order valence-corrected chi connectivity index (χ0v) is 13.5. The van der Waals surface area contributed by atoms with Crippen molar-refractivity contribution in [1.82, 2.24) is 4.90 Å². The average Bonchev–Trinajstić information content (AvgIpc) is 2.60. The van der Waals surface area contributed by atoms with Gasteiger partial charge in [0.05, 0.1) is 0 Å². The molecule has 0 aromatic heterocycles. The van der Waals surface area contributed by atoms with E-state index < -0.39 is 12.1 Å². The number of benzene rings is 1. The quantitative estimate of drug-likeness (QED) is 0.862. The molecule has 1 aliphatic rings. The molecule has 0 spiro atoms. The number of nitrogens with zero attached hydrogens (tertiary/aromatic N) is 1. The Labute approximate surface area is 143 Å². The second-order valence-corrected chi connectivity index (χ2v) is 5.51. The number of carbonyl (C=O) groups excluding carboxylic acids is 1. The van der Waals surface area contributed by atoms with Crippen molar-refractivity contribution in [2.24, 2.45) is 11.7 Å². The van der Waals surface area contributed by atoms with E-state index in [0.717, 1.165) is 31.5 Å². The van der Waals surface area contributed by atoms with Crippen molar-refractivity contribution in [3.8, 4) is 0 Å². The molecule has 3 N–H and O–H groups in total. The number of carboxylic acid groups (broad SMARTS) is 1. The molecule has 6 nitrogen and oxygen atoms in total. The van der Waals surface area contributed by atoms with Gasteiger partial charge in [0.2, 0.25) is 0 Å². The molecule has 1 heterocycles. The van der Waals surface area contributed by atoms with Crippen LogP contribution in [0.3, 0.4) is 0 Å². The van der Waals surface area contributed by atoms with Crippen LogP contribution in [0.2, 0.25) is 0 Å². The molecule has 0 radical (unpaired) electrons. The monoisotopic (exact) mass is 362 g/mol. The lowest BCUT2D eigenvalue weighted by Gasteiger charge is -2.30. The third-order valence-electron chi connectivity index (χ3n) is 3.65. The Morgan fingerprint density at radius 1 is 1.20 bits per heavy atom. The summed E-state index contributed by atoms with van der Waals surface area (Å²) < 4.78 is 37.0. The zero-order chi connectivity index (χ0) is 18.9. The molecule has 1 saturated heterocycles. The van der Waals surface area contributed by atoms with Crippen molar-refractivity contribution in [2.75, 3.05) is 19.6 Å². The van der Waals surface area contributed by atoms with Crippen molar-refractivity contribution in [2.45, 2.75) is 25.6 Å². The number of halogens is 3. The molecule has 0 unspecified atom stereocenters. The van der Waals surface area contributed by atoms with Gasteiger partial charge in [-0.3, -0.25) is 0 Å². The molecule has 0 saturated carbocycles. The number of hydrogen-bond acceptors (Lipinski definition) is 4. The van der Waals surface area contributed by atoms with Crippen LogP contribution in [0, 0.1) is 5.92 Å². The number of hydrogen-bond donors (Lipinski definition) is 2. The summed E-state index contributed by atoms with van der Waals surface area (Å²) >= 11 is 0. The lowest BCUT2D eigenvalue weighted by molar-refractivity contribution is -0.192. The summed E-state index contributed by atoms with van der Waals surface area (Å²) in [4.78, 5) is 22.5. The van der Waals surface area contributed by atoms with E-state index in [1.54, 1.807) is 4.90 Å². The molecule has 1 aromatic rings. The second kappa shape index (κ2) is 9.87. The number of ether oxygens (including phenoxy) is 1. The van der Waals surface area contributed by atoms with Gasteiger partial charge in [0, 0.05) is 13.1 Å². The number of carbonyl (C=O) groups is 2. The minimum Gasteiger partial charge on any atom is -0.475 e. The summed E-state index contributed by atoms with van der Waals surface area (Å²) in [5.74, 6) is -2.20. The molecule has 2 rings (SSSR count). The zero-order valence-electron chi connectivity index (χ0n) is 13.5. The van der Waals surface area contributed by atoms with Gasteiger partial charge < -0.3 is 20.5 Å². The van der Waals surface area contributed by atoms with Crippen LogP contribution in [0.5, 0.6) is 0 Å². The fourth-order valence-electron chi connectivity index (χ4n) is 2.16. The molecule has 1 amide bonds. The van der Waals surface area contributed by atoms with Crippen LogP contribution in [0.4, 0.5) is 18.0 Å². The number of piperidine rings is 1. The van der Waals surface area contributed by atoms with Gasteiger partial charge in [-0.05, 0) is 30.9 Å². The second-order valence-electron chi connectivity index (χ2n) is 5.51. The first-order valence-electron chi connectivity index (χ1n) is 7.69. The number of amides is 1. The fraction of sp³-hybridized carbons (Fsp3) is 0.500. The van der Waals surface area contributed by atoms with Gasteiger partial charge in [0.1, 0.15) is 6.61 Å². The molecule has 25 heavy (non-hydrogen) atoms. The first kappa shape index (κ1) is 20.8. The van der Waals surface area contributed by atoms with E-state index in [9.17, 15) is 18.0 Å². The Bertz CT molecular complexity index is 544. The van der Waals surface area contributed by atoms with Gasteiger partial charge in [-0.2, -0.15) is 13.2 Å². The highest BCUT2D eigenvalue weighted by Crippen LogP contribution is 2.17. The number of rotatable bonds is 3. The van der Waals surface area contributed by atoms with Crippen LogP contribution in [0.1, 0.15) is 18.4 Å². The minimum atomic E-state index is -5.08. The van der Waals surface area contributed by atoms with Crippen LogP contribution in [0.25, 0.3) is 0 Å². The van der Waals surface area contributed by atoms with Crippen molar-refractivity contribution >= 4 is 12.1 Å². The third kappa shape index (κ3) is 7.88. The van der Waals surface area contributed by atoms with Crippen LogP contribution in [-0.4, -0.2) is 47.9 Å². The Morgan fingerprint density at radius 3 is 2.16 bits per heavy atom. The van der Waals surface area contributed by atoms with E-state index in [4.69, 9.17) is 20.4 Å². The number of carboxylic acids is 1. The summed E-state index contributed by atoms with van der Waals surface area (Å²) in [5.41, 5.74) is 6.64. The molecule has 1 fully saturated rings. The number of alkyl halides is 3. The van der Waals surface area contributed by atoms with Gasteiger partial charge in [-0.1, -0.05) is 30.3 Å². The van der Waals surface area contributed by atoms with Crippen LogP contribution >= 0.6 is 0 Å². The summed E-state index contributed by atoms with van der Waals surface area (Å²) in [6, 6.07) is 9.73. The van der Waals surface area contributed by atoms with Gasteiger partial charge in [0.25, 0.3) is 0 Å². The van der Waals surface area contributed by atoms with Crippen LogP contribution < -0.4 is 5.73 Å². The van der Waals surface area contributed by atoms with E-state index in [-0.39, 0.29) is 6.09 Å². The highest BCUT2D eigenvalue weighted by Gasteiger charge is 2.38. The average molecular weight is 362 g/mol. The number of nitrogens with two attached hydrogens (primary N) is 1. The first-order chi connectivity index (χ1) is 11.7. The maximum atomic E-state index is 11.8. The first-order valence-corrected chi connectivity index (χ1v) is 7.69. The van der Waals surface area contributed by atoms with Crippen molar-refractivity contribution in [3.05, 3.63) is 35.9 Å². The standard InChI is InChI=1S/C14H20N2O2.C2HF3O2/c15-10-12-6-8-16(9-7-12)14(17)18-11-13-4-2-1-3-5-13;3-2(4,5)1(6)7/h1-5,12H,6-11,15H2;(H,6,7). The van der Waals surface area contributed by atoms with Crippen LogP contribution in [0.15, 0.2) is 30.3 Å². The summed E-state index contributed by atoms with van der Waals surface area (Å²) in [6.07, 6.45) is -3.33. The summed E-state index contributed by atoms with van der Waals surface area (Å²) in [5, 5.41) is 7.12. The molecule has 0 aliphatic carbocycles. The molecular weight excluding hydrogens is 341 g/mol. The fourth-order valence-corrected chi connectivity index (χ4v) is 2.16. The normalized spacial score (nSPS) is 15.1. The number of likely N-dealkylation sites (tertiary alicyclic amines) is 1. The predicted octanol–water partition coefficient (Wildman–Crippen LogP) is 2.63. The smallest absolute Gasteiger partial charge is 0.475 e. The Balaban J connectivity index is 0.000000381. The molecular formula is C16H21F3N2O4. The van der Waals surface area contributed by atoms with Crippen LogP contribution in [-0.2, 0) is 16.1 Å². The van der Waals surface area contributed by atoms with Gasteiger partial charge in [0.15, 0.2) is 0 Å². The van der Waals surface area contributed by atoms with E-state index in [1.165, 1.54) is 0 Å². The van der Waals surface area contributed by atoms with E-state index in [2.05, 4.69) is 0 Å². The molecule has 140 valence electrons. The van der Waals surface area contributed by atoms with Crippen molar-refractivity contribution in [3.63, 3.8) is 0 Å². The Kier molecular flexibility index (Phi) is 8.20. The van der Waals surface area contributed by atoms with E-state index in [1.807, 2.05) is 30.3 Å². The lowest BCUT2D eigenvalue weighted by atomic mass is 9.97. The van der Waals surface area contributed by atoms with Gasteiger partial charge in [-0.15, -0.1) is 0 Å². The minimum absolute atomic E-state index is 0.214. The molecule has 1 aromatic carbocycles. The predicted molar refractivity (Wildman–Crippen MR) is 83.7 cm³/mol. The summed E-state index contributed by atoms with van der Waals surface area (Å²) in [7, 11) is 0. The molecule has 0 bridgehead atoms.